The Morgan fingerprint density at radius 3 is 2.08 bits per heavy atom. The molecular weight excluding hydrogens is 160 g/mol. The van der Waals surface area contributed by atoms with Crippen molar-refractivity contribution in [2.75, 3.05) is 0 Å². The lowest BCUT2D eigenvalue weighted by Gasteiger charge is -2.16. The van der Waals surface area contributed by atoms with Crippen molar-refractivity contribution in [3.8, 4) is 0 Å². The molecule has 1 heteroatoms. The van der Waals surface area contributed by atoms with Crippen LogP contribution in [0.15, 0.2) is 48.6 Å². The molecule has 0 aromatic heterocycles. The van der Waals surface area contributed by atoms with Crippen LogP contribution >= 0.6 is 0 Å². The van der Waals surface area contributed by atoms with Crippen molar-refractivity contribution >= 4 is 0 Å². The highest BCUT2D eigenvalue weighted by Crippen LogP contribution is 2.22. The fourth-order valence-corrected chi connectivity index (χ4v) is 1.78. The Balaban J connectivity index is 1.87. The minimum Gasteiger partial charge on any atom is -0.392 e. The van der Waals surface area contributed by atoms with Crippen LogP contribution in [-0.2, 0) is 0 Å². The Labute approximate surface area is 78.8 Å². The van der Waals surface area contributed by atoms with E-state index in [0.717, 1.165) is 6.42 Å². The maximum atomic E-state index is 9.84. The fraction of sp³-hybridized carbons (Fsp3) is 0.333. The standard InChI is InChI=1S/C12H14O/c13-12(11-7-3-4-8-11)9-10-5-1-2-6-10/h1-8,10-13H,9H2. The van der Waals surface area contributed by atoms with E-state index < -0.39 is 0 Å². The van der Waals surface area contributed by atoms with Crippen LogP contribution in [0.3, 0.4) is 0 Å². The summed E-state index contributed by atoms with van der Waals surface area (Å²) in [5.74, 6) is 0.653. The molecule has 0 radical (unpaired) electrons. The number of aliphatic hydroxyl groups excluding tert-OH is 1. The van der Waals surface area contributed by atoms with E-state index in [2.05, 4.69) is 12.2 Å². The van der Waals surface area contributed by atoms with Crippen molar-refractivity contribution in [2.24, 2.45) is 11.8 Å². The van der Waals surface area contributed by atoms with Crippen LogP contribution in [0.4, 0.5) is 0 Å². The number of rotatable bonds is 3. The molecule has 2 aliphatic carbocycles. The Hall–Kier alpha value is -1.08. The lowest BCUT2D eigenvalue weighted by atomic mass is 9.94. The predicted octanol–water partition coefficient (Wildman–Crippen LogP) is 2.22. The molecule has 0 saturated heterocycles. The summed E-state index contributed by atoms with van der Waals surface area (Å²) in [6.45, 7) is 0. The third kappa shape index (κ3) is 1.99. The summed E-state index contributed by atoms with van der Waals surface area (Å²) in [4.78, 5) is 0. The van der Waals surface area contributed by atoms with E-state index >= 15 is 0 Å². The van der Waals surface area contributed by atoms with Crippen molar-refractivity contribution < 1.29 is 5.11 Å². The lowest BCUT2D eigenvalue weighted by molar-refractivity contribution is 0.133. The predicted molar refractivity (Wildman–Crippen MR) is 54.2 cm³/mol. The molecule has 68 valence electrons. The van der Waals surface area contributed by atoms with Crippen LogP contribution in [0.25, 0.3) is 0 Å². The normalized spacial score (nSPS) is 23.5. The Morgan fingerprint density at radius 2 is 1.46 bits per heavy atom. The lowest BCUT2D eigenvalue weighted by Crippen LogP contribution is -2.18. The Morgan fingerprint density at radius 1 is 0.923 bits per heavy atom. The Bertz CT molecular complexity index is 259. The van der Waals surface area contributed by atoms with E-state index in [-0.39, 0.29) is 12.0 Å². The summed E-state index contributed by atoms with van der Waals surface area (Å²) in [5.41, 5.74) is 0. The zero-order chi connectivity index (χ0) is 9.10. The quantitative estimate of drug-likeness (QED) is 0.695. The molecule has 1 N–H and O–H groups in total. The first-order valence-corrected chi connectivity index (χ1v) is 4.74. The monoisotopic (exact) mass is 174 g/mol. The van der Waals surface area contributed by atoms with Crippen LogP contribution in [0, 0.1) is 11.8 Å². The summed E-state index contributed by atoms with van der Waals surface area (Å²) >= 11 is 0. The highest BCUT2D eigenvalue weighted by Gasteiger charge is 2.18. The molecule has 0 heterocycles. The van der Waals surface area contributed by atoms with Crippen molar-refractivity contribution in [1.29, 1.82) is 0 Å². The van der Waals surface area contributed by atoms with Gasteiger partial charge in [-0.1, -0.05) is 48.6 Å². The van der Waals surface area contributed by atoms with Crippen LogP contribution < -0.4 is 0 Å². The van der Waals surface area contributed by atoms with Crippen molar-refractivity contribution in [2.45, 2.75) is 12.5 Å². The van der Waals surface area contributed by atoms with Gasteiger partial charge in [-0.2, -0.15) is 0 Å². The molecule has 1 atom stereocenters. The average Bonchev–Trinajstić information content (AvgIpc) is 2.74. The van der Waals surface area contributed by atoms with E-state index in [9.17, 15) is 5.11 Å². The smallest absolute Gasteiger partial charge is 0.0646 e. The molecule has 0 aliphatic heterocycles. The highest BCUT2D eigenvalue weighted by atomic mass is 16.3. The second-order valence-electron chi connectivity index (χ2n) is 3.58. The van der Waals surface area contributed by atoms with Crippen LogP contribution in [0.1, 0.15) is 6.42 Å². The van der Waals surface area contributed by atoms with Crippen LogP contribution in [0.2, 0.25) is 0 Å². The van der Waals surface area contributed by atoms with Gasteiger partial charge in [-0.15, -0.1) is 0 Å². The van der Waals surface area contributed by atoms with E-state index in [4.69, 9.17) is 0 Å². The van der Waals surface area contributed by atoms with Gasteiger partial charge in [0.05, 0.1) is 6.10 Å². The second kappa shape index (κ2) is 3.75. The molecule has 0 aromatic rings. The van der Waals surface area contributed by atoms with E-state index in [1.165, 1.54) is 0 Å². The van der Waals surface area contributed by atoms with Gasteiger partial charge in [0, 0.05) is 5.92 Å². The number of aliphatic hydroxyl groups is 1. The molecule has 1 unspecified atom stereocenters. The van der Waals surface area contributed by atoms with Gasteiger partial charge in [0.2, 0.25) is 0 Å². The zero-order valence-electron chi connectivity index (χ0n) is 7.51. The van der Waals surface area contributed by atoms with Gasteiger partial charge in [-0.05, 0) is 12.3 Å². The van der Waals surface area contributed by atoms with Crippen LogP contribution in [-0.4, -0.2) is 11.2 Å². The summed E-state index contributed by atoms with van der Waals surface area (Å²) in [5, 5.41) is 9.84. The molecule has 0 spiro atoms. The fourth-order valence-electron chi connectivity index (χ4n) is 1.78. The maximum Gasteiger partial charge on any atom is 0.0646 e. The third-order valence-corrected chi connectivity index (χ3v) is 2.56. The number of hydrogen-bond donors (Lipinski definition) is 1. The summed E-state index contributed by atoms with van der Waals surface area (Å²) in [7, 11) is 0. The minimum absolute atomic E-state index is 0.224. The number of hydrogen-bond acceptors (Lipinski definition) is 1. The molecule has 1 nitrogen and oxygen atoms in total. The molecule has 2 aliphatic rings. The minimum atomic E-state index is -0.243. The first-order valence-electron chi connectivity index (χ1n) is 4.74. The summed E-state index contributed by atoms with van der Waals surface area (Å²) in [6, 6.07) is 0. The van der Waals surface area contributed by atoms with Gasteiger partial charge in [-0.25, -0.2) is 0 Å². The molecule has 0 fully saturated rings. The van der Waals surface area contributed by atoms with Crippen LogP contribution in [0.5, 0.6) is 0 Å². The largest absolute Gasteiger partial charge is 0.392 e. The van der Waals surface area contributed by atoms with Gasteiger partial charge in [0.1, 0.15) is 0 Å². The van der Waals surface area contributed by atoms with Gasteiger partial charge in [-0.3, -0.25) is 0 Å². The third-order valence-electron chi connectivity index (χ3n) is 2.56. The number of allylic oxidation sites excluding steroid dienone is 6. The molecule has 2 rings (SSSR count). The van der Waals surface area contributed by atoms with Gasteiger partial charge in [0.15, 0.2) is 0 Å². The van der Waals surface area contributed by atoms with Gasteiger partial charge in [0.25, 0.3) is 0 Å². The molecular formula is C12H14O. The van der Waals surface area contributed by atoms with Crippen molar-refractivity contribution in [1.82, 2.24) is 0 Å². The molecule has 0 bridgehead atoms. The average molecular weight is 174 g/mol. The van der Waals surface area contributed by atoms with Crippen molar-refractivity contribution in [3.63, 3.8) is 0 Å². The topological polar surface area (TPSA) is 20.2 Å². The maximum absolute atomic E-state index is 9.84. The Kier molecular flexibility index (Phi) is 2.46. The molecule has 0 amide bonds. The first-order chi connectivity index (χ1) is 6.36. The van der Waals surface area contributed by atoms with Gasteiger partial charge < -0.3 is 5.11 Å². The molecule has 0 saturated carbocycles. The summed E-state index contributed by atoms with van der Waals surface area (Å²) < 4.78 is 0. The molecule has 0 aromatic carbocycles. The zero-order valence-corrected chi connectivity index (χ0v) is 7.51. The summed E-state index contributed by atoms with van der Waals surface area (Å²) in [6.07, 6.45) is 17.0. The van der Waals surface area contributed by atoms with E-state index in [1.807, 2.05) is 36.5 Å². The van der Waals surface area contributed by atoms with Crippen molar-refractivity contribution in [3.05, 3.63) is 48.6 Å². The van der Waals surface area contributed by atoms with Gasteiger partial charge >= 0.3 is 0 Å². The second-order valence-corrected chi connectivity index (χ2v) is 3.58. The first kappa shape index (κ1) is 8.52. The highest BCUT2D eigenvalue weighted by molar-refractivity contribution is 5.21. The van der Waals surface area contributed by atoms with E-state index in [0.29, 0.717) is 5.92 Å². The van der Waals surface area contributed by atoms with E-state index in [1.54, 1.807) is 0 Å². The SMILES string of the molecule is OC(CC1C=CC=C1)C1C=CC=C1. The molecule has 13 heavy (non-hydrogen) atoms.